The first-order valence-corrected chi connectivity index (χ1v) is 4.67. The maximum atomic E-state index is 13.0. The average molecular weight is 192 g/mol. The van der Waals surface area contributed by atoms with Crippen LogP contribution in [0.3, 0.4) is 0 Å². The fraction of sp³-hybridized carbons (Fsp3) is 0.273. The van der Waals surface area contributed by atoms with Crippen LogP contribution in [0.15, 0.2) is 24.4 Å². The van der Waals surface area contributed by atoms with Crippen LogP contribution < -0.4 is 5.73 Å². The van der Waals surface area contributed by atoms with Crippen molar-refractivity contribution in [3.05, 3.63) is 35.8 Å². The number of benzene rings is 1. The van der Waals surface area contributed by atoms with Gasteiger partial charge in [0, 0.05) is 24.7 Å². The van der Waals surface area contributed by atoms with Gasteiger partial charge in [-0.2, -0.15) is 0 Å². The molecule has 0 aliphatic rings. The highest BCUT2D eigenvalue weighted by molar-refractivity contribution is 5.83. The van der Waals surface area contributed by atoms with Gasteiger partial charge in [-0.15, -0.1) is 0 Å². The van der Waals surface area contributed by atoms with Gasteiger partial charge in [0.1, 0.15) is 5.82 Å². The van der Waals surface area contributed by atoms with E-state index in [0.29, 0.717) is 6.54 Å². The van der Waals surface area contributed by atoms with E-state index in [-0.39, 0.29) is 5.82 Å². The van der Waals surface area contributed by atoms with E-state index in [4.69, 9.17) is 5.73 Å². The molecule has 0 fully saturated rings. The Hall–Kier alpha value is -1.35. The van der Waals surface area contributed by atoms with Crippen molar-refractivity contribution in [2.24, 2.45) is 5.73 Å². The van der Waals surface area contributed by atoms with Crippen LogP contribution in [0, 0.1) is 12.7 Å². The number of nitrogens with zero attached hydrogens (tertiary/aromatic N) is 1. The molecule has 2 aromatic rings. The predicted molar refractivity (Wildman–Crippen MR) is 55.7 cm³/mol. The van der Waals surface area contributed by atoms with Gasteiger partial charge in [0.2, 0.25) is 0 Å². The second-order valence-electron chi connectivity index (χ2n) is 3.46. The monoisotopic (exact) mass is 192 g/mol. The van der Waals surface area contributed by atoms with Crippen molar-refractivity contribution >= 4 is 10.9 Å². The summed E-state index contributed by atoms with van der Waals surface area (Å²) in [5.41, 5.74) is 7.57. The molecule has 0 spiro atoms. The third-order valence-electron chi connectivity index (χ3n) is 2.41. The zero-order valence-electron chi connectivity index (χ0n) is 8.13. The van der Waals surface area contributed by atoms with E-state index in [9.17, 15) is 4.39 Å². The van der Waals surface area contributed by atoms with Gasteiger partial charge in [0.25, 0.3) is 0 Å². The van der Waals surface area contributed by atoms with Gasteiger partial charge in [0.15, 0.2) is 0 Å². The topological polar surface area (TPSA) is 30.9 Å². The van der Waals surface area contributed by atoms with Crippen LogP contribution >= 0.6 is 0 Å². The molecule has 0 unspecified atom stereocenters. The fourth-order valence-electron chi connectivity index (χ4n) is 1.77. The zero-order chi connectivity index (χ0) is 10.1. The SMILES string of the molecule is Cc1cn(CCN)c2cc(F)ccc12. The number of aryl methyl sites for hydroxylation is 1. The van der Waals surface area contributed by atoms with E-state index in [2.05, 4.69) is 0 Å². The van der Waals surface area contributed by atoms with Gasteiger partial charge in [-0.25, -0.2) is 4.39 Å². The maximum absolute atomic E-state index is 13.0. The van der Waals surface area contributed by atoms with Crippen molar-refractivity contribution in [3.8, 4) is 0 Å². The van der Waals surface area contributed by atoms with E-state index in [1.54, 1.807) is 6.07 Å². The Labute approximate surface area is 82.1 Å². The van der Waals surface area contributed by atoms with Gasteiger partial charge in [-0.05, 0) is 30.7 Å². The number of fused-ring (bicyclic) bond motifs is 1. The van der Waals surface area contributed by atoms with Crippen molar-refractivity contribution < 1.29 is 4.39 Å². The number of rotatable bonds is 2. The first kappa shape index (κ1) is 9.21. The Morgan fingerprint density at radius 1 is 1.43 bits per heavy atom. The second-order valence-corrected chi connectivity index (χ2v) is 3.46. The highest BCUT2D eigenvalue weighted by Crippen LogP contribution is 2.21. The molecule has 2 rings (SSSR count). The molecule has 0 aliphatic heterocycles. The molecule has 74 valence electrons. The summed E-state index contributed by atoms with van der Waals surface area (Å²) in [6, 6.07) is 4.85. The Bertz CT molecular complexity index is 460. The normalized spacial score (nSPS) is 11.1. The second kappa shape index (κ2) is 3.42. The minimum absolute atomic E-state index is 0.200. The summed E-state index contributed by atoms with van der Waals surface area (Å²) in [5, 5.41) is 1.10. The molecule has 1 aromatic carbocycles. The molecule has 2 N–H and O–H groups in total. The average Bonchev–Trinajstić information content (AvgIpc) is 2.44. The number of aromatic nitrogens is 1. The van der Waals surface area contributed by atoms with Gasteiger partial charge < -0.3 is 10.3 Å². The summed E-state index contributed by atoms with van der Waals surface area (Å²) in [4.78, 5) is 0. The Balaban J connectivity index is 2.66. The first-order valence-electron chi connectivity index (χ1n) is 4.67. The third kappa shape index (κ3) is 1.40. The largest absolute Gasteiger partial charge is 0.346 e. The molecule has 0 atom stereocenters. The lowest BCUT2D eigenvalue weighted by Crippen LogP contribution is -2.08. The van der Waals surface area contributed by atoms with Crippen LogP contribution in [0.1, 0.15) is 5.56 Å². The maximum Gasteiger partial charge on any atom is 0.125 e. The highest BCUT2D eigenvalue weighted by atomic mass is 19.1. The van der Waals surface area contributed by atoms with Crippen LogP contribution in [0.5, 0.6) is 0 Å². The van der Waals surface area contributed by atoms with Crippen molar-refractivity contribution in [2.45, 2.75) is 13.5 Å². The smallest absolute Gasteiger partial charge is 0.125 e. The molecule has 2 nitrogen and oxygen atoms in total. The summed E-state index contributed by atoms with van der Waals surface area (Å²) in [6.07, 6.45) is 2.01. The van der Waals surface area contributed by atoms with Gasteiger partial charge in [-0.1, -0.05) is 0 Å². The summed E-state index contributed by atoms with van der Waals surface area (Å²) in [5.74, 6) is -0.200. The summed E-state index contributed by atoms with van der Waals surface area (Å²) < 4.78 is 15.0. The molecule has 1 heterocycles. The molecule has 1 aromatic heterocycles. The van der Waals surface area contributed by atoms with Crippen LogP contribution in [-0.2, 0) is 6.54 Å². The molecule has 0 saturated carbocycles. The molecule has 0 amide bonds. The number of halogens is 1. The first-order chi connectivity index (χ1) is 6.72. The molecule has 0 saturated heterocycles. The van der Waals surface area contributed by atoms with Crippen molar-refractivity contribution in [1.29, 1.82) is 0 Å². The van der Waals surface area contributed by atoms with Gasteiger partial charge in [-0.3, -0.25) is 0 Å². The van der Waals surface area contributed by atoms with E-state index in [1.807, 2.05) is 23.8 Å². The van der Waals surface area contributed by atoms with Gasteiger partial charge >= 0.3 is 0 Å². The highest BCUT2D eigenvalue weighted by Gasteiger charge is 2.05. The number of hydrogen-bond donors (Lipinski definition) is 1. The Morgan fingerprint density at radius 3 is 2.93 bits per heavy atom. The van der Waals surface area contributed by atoms with Crippen LogP contribution in [0.4, 0.5) is 4.39 Å². The van der Waals surface area contributed by atoms with Crippen molar-refractivity contribution in [1.82, 2.24) is 4.57 Å². The fourth-order valence-corrected chi connectivity index (χ4v) is 1.77. The van der Waals surface area contributed by atoms with E-state index >= 15 is 0 Å². The lowest BCUT2D eigenvalue weighted by molar-refractivity contribution is 0.627. The lowest BCUT2D eigenvalue weighted by Gasteiger charge is -2.01. The number of hydrogen-bond acceptors (Lipinski definition) is 1. The van der Waals surface area contributed by atoms with Gasteiger partial charge in [0.05, 0.1) is 5.52 Å². The zero-order valence-corrected chi connectivity index (χ0v) is 8.13. The van der Waals surface area contributed by atoms with Crippen LogP contribution in [0.25, 0.3) is 10.9 Å². The Morgan fingerprint density at radius 2 is 2.21 bits per heavy atom. The summed E-state index contributed by atoms with van der Waals surface area (Å²) in [6.45, 7) is 3.32. The molecular weight excluding hydrogens is 179 g/mol. The molecule has 3 heteroatoms. The molecule has 14 heavy (non-hydrogen) atoms. The molecule has 0 aliphatic carbocycles. The van der Waals surface area contributed by atoms with E-state index < -0.39 is 0 Å². The Kier molecular flexibility index (Phi) is 2.25. The minimum atomic E-state index is -0.200. The minimum Gasteiger partial charge on any atom is -0.346 e. The van der Waals surface area contributed by atoms with E-state index in [0.717, 1.165) is 23.0 Å². The quantitative estimate of drug-likeness (QED) is 0.775. The lowest BCUT2D eigenvalue weighted by atomic mass is 10.2. The van der Waals surface area contributed by atoms with Crippen LogP contribution in [0.2, 0.25) is 0 Å². The summed E-state index contributed by atoms with van der Waals surface area (Å²) in [7, 11) is 0. The number of nitrogens with two attached hydrogens (primary N) is 1. The van der Waals surface area contributed by atoms with Crippen LogP contribution in [-0.4, -0.2) is 11.1 Å². The molecular formula is C11H13FN2. The standard InChI is InChI=1S/C11H13FN2/c1-8-7-14(5-4-13)11-6-9(12)2-3-10(8)11/h2-3,6-7H,4-5,13H2,1H3. The predicted octanol–water partition coefficient (Wildman–Crippen LogP) is 2.05. The van der Waals surface area contributed by atoms with E-state index in [1.165, 1.54) is 6.07 Å². The van der Waals surface area contributed by atoms with Crippen molar-refractivity contribution in [2.75, 3.05) is 6.54 Å². The third-order valence-corrected chi connectivity index (χ3v) is 2.41. The van der Waals surface area contributed by atoms with Crippen molar-refractivity contribution in [3.63, 3.8) is 0 Å². The molecule has 0 radical (unpaired) electrons. The summed E-state index contributed by atoms with van der Waals surface area (Å²) >= 11 is 0. The molecule has 0 bridgehead atoms.